The summed E-state index contributed by atoms with van der Waals surface area (Å²) in [4.78, 5) is 15.7. The Kier molecular flexibility index (Phi) is 4.00. The second-order valence-corrected chi connectivity index (χ2v) is 7.33. The van der Waals surface area contributed by atoms with E-state index < -0.39 is 0 Å². The highest BCUT2D eigenvalue weighted by Crippen LogP contribution is 2.41. The van der Waals surface area contributed by atoms with E-state index in [1.165, 1.54) is 12.8 Å². The van der Waals surface area contributed by atoms with E-state index in [1.54, 1.807) is 0 Å². The zero-order chi connectivity index (χ0) is 14.9. The van der Waals surface area contributed by atoms with Crippen LogP contribution in [0.2, 0.25) is 0 Å². The van der Waals surface area contributed by atoms with Gasteiger partial charge in [0, 0.05) is 24.8 Å². The molecule has 5 nitrogen and oxygen atoms in total. The van der Waals surface area contributed by atoms with Crippen molar-refractivity contribution in [3.8, 4) is 0 Å². The Morgan fingerprint density at radius 3 is 2.71 bits per heavy atom. The molecule has 1 aromatic rings. The molecule has 0 aromatic carbocycles. The van der Waals surface area contributed by atoms with Gasteiger partial charge in [-0.3, -0.25) is 4.79 Å². The molecule has 1 aromatic heterocycles. The minimum atomic E-state index is 0.163. The highest BCUT2D eigenvalue weighted by atomic mass is 16.5. The first-order chi connectivity index (χ1) is 10.0. The lowest BCUT2D eigenvalue weighted by molar-refractivity contribution is -0.119. The molecule has 5 heteroatoms. The van der Waals surface area contributed by atoms with Crippen molar-refractivity contribution in [1.29, 1.82) is 0 Å². The van der Waals surface area contributed by atoms with Gasteiger partial charge < -0.3 is 9.84 Å². The molecule has 3 rings (SSSR count). The van der Waals surface area contributed by atoms with Crippen LogP contribution in [0.1, 0.15) is 76.4 Å². The summed E-state index contributed by atoms with van der Waals surface area (Å²) in [7, 11) is 0. The smallest absolute Gasteiger partial charge is 0.226 e. The number of amides is 1. The molecule has 1 amide bonds. The van der Waals surface area contributed by atoms with E-state index in [-0.39, 0.29) is 11.9 Å². The molecule has 0 spiro atoms. The first-order valence-corrected chi connectivity index (χ1v) is 8.14. The summed E-state index contributed by atoms with van der Waals surface area (Å²) in [5.74, 6) is 2.23. The molecular weight excluding hydrogens is 266 g/mol. The van der Waals surface area contributed by atoms with Crippen LogP contribution in [0.15, 0.2) is 4.52 Å². The first kappa shape index (κ1) is 14.5. The predicted octanol–water partition coefficient (Wildman–Crippen LogP) is 2.96. The van der Waals surface area contributed by atoms with Crippen LogP contribution in [-0.4, -0.2) is 22.1 Å². The highest BCUT2D eigenvalue weighted by Gasteiger charge is 2.30. The van der Waals surface area contributed by atoms with Gasteiger partial charge in [-0.25, -0.2) is 0 Å². The second kappa shape index (κ2) is 5.78. The normalized spacial score (nSPS) is 26.0. The van der Waals surface area contributed by atoms with Gasteiger partial charge in [-0.05, 0) is 43.9 Å². The van der Waals surface area contributed by atoms with E-state index >= 15 is 0 Å². The Hall–Kier alpha value is -1.39. The summed E-state index contributed by atoms with van der Waals surface area (Å²) in [5.41, 5.74) is 0.462. The predicted molar refractivity (Wildman–Crippen MR) is 78.8 cm³/mol. The zero-order valence-electron chi connectivity index (χ0n) is 13.0. The van der Waals surface area contributed by atoms with Gasteiger partial charge in [-0.15, -0.1) is 0 Å². The molecule has 2 fully saturated rings. The third-order valence-corrected chi connectivity index (χ3v) is 4.98. The van der Waals surface area contributed by atoms with E-state index in [1.807, 2.05) is 0 Å². The molecule has 1 N–H and O–H groups in total. The molecule has 116 valence electrons. The van der Waals surface area contributed by atoms with E-state index in [2.05, 4.69) is 29.3 Å². The topological polar surface area (TPSA) is 68.0 Å². The second-order valence-electron chi connectivity index (χ2n) is 7.33. The van der Waals surface area contributed by atoms with Crippen LogP contribution < -0.4 is 5.32 Å². The molecule has 1 aliphatic heterocycles. The molecule has 1 atom stereocenters. The molecular formula is C16H25N3O2. The van der Waals surface area contributed by atoms with Crippen LogP contribution in [0.5, 0.6) is 0 Å². The average Bonchev–Trinajstić information content (AvgIpc) is 3.05. The highest BCUT2D eigenvalue weighted by molar-refractivity contribution is 5.78. The lowest BCUT2D eigenvalue weighted by Crippen LogP contribution is -2.25. The quantitative estimate of drug-likeness (QED) is 0.926. The lowest BCUT2D eigenvalue weighted by atomic mass is 9.73. The van der Waals surface area contributed by atoms with Gasteiger partial charge >= 0.3 is 0 Å². The third-order valence-electron chi connectivity index (χ3n) is 4.98. The van der Waals surface area contributed by atoms with E-state index in [9.17, 15) is 4.79 Å². The van der Waals surface area contributed by atoms with Crippen LogP contribution in [0.3, 0.4) is 0 Å². The number of carbonyl (C=O) groups excluding carboxylic acids is 1. The Labute approximate surface area is 125 Å². The SMILES string of the molecule is CC1(C)CCC(c2noc(CCC3CCC(=O)N3)n2)CC1. The van der Waals surface area contributed by atoms with Crippen LogP contribution in [0.4, 0.5) is 0 Å². The van der Waals surface area contributed by atoms with Gasteiger partial charge in [0.05, 0.1) is 0 Å². The van der Waals surface area contributed by atoms with Crippen LogP contribution >= 0.6 is 0 Å². The monoisotopic (exact) mass is 291 g/mol. The number of aryl methyl sites for hydroxylation is 1. The van der Waals surface area contributed by atoms with E-state index in [0.717, 1.165) is 43.8 Å². The summed E-state index contributed by atoms with van der Waals surface area (Å²) >= 11 is 0. The Morgan fingerprint density at radius 2 is 2.05 bits per heavy atom. The van der Waals surface area contributed by atoms with Crippen LogP contribution in [0.25, 0.3) is 0 Å². The summed E-state index contributed by atoms with van der Waals surface area (Å²) < 4.78 is 5.38. The Bertz CT molecular complexity index is 499. The molecule has 0 bridgehead atoms. The van der Waals surface area contributed by atoms with Gasteiger partial charge in [0.25, 0.3) is 0 Å². The maximum Gasteiger partial charge on any atom is 0.226 e. The molecule has 1 aliphatic carbocycles. The number of aromatic nitrogens is 2. The van der Waals surface area contributed by atoms with Crippen LogP contribution in [0, 0.1) is 5.41 Å². The summed E-state index contributed by atoms with van der Waals surface area (Å²) in [5, 5.41) is 7.15. The van der Waals surface area contributed by atoms with Crippen molar-refractivity contribution in [3.05, 3.63) is 11.7 Å². The summed E-state index contributed by atoms with van der Waals surface area (Å²) in [6.45, 7) is 4.67. The number of hydrogen-bond acceptors (Lipinski definition) is 4. The summed E-state index contributed by atoms with van der Waals surface area (Å²) in [6, 6.07) is 0.281. The Balaban J connectivity index is 1.51. The lowest BCUT2D eigenvalue weighted by Gasteiger charge is -2.32. The molecule has 1 saturated heterocycles. The maximum atomic E-state index is 11.2. The fourth-order valence-electron chi connectivity index (χ4n) is 3.38. The third kappa shape index (κ3) is 3.63. The van der Waals surface area contributed by atoms with Gasteiger partial charge in [-0.1, -0.05) is 19.0 Å². The van der Waals surface area contributed by atoms with Gasteiger partial charge in [0.15, 0.2) is 5.82 Å². The minimum absolute atomic E-state index is 0.163. The molecule has 0 radical (unpaired) electrons. The van der Waals surface area contributed by atoms with E-state index in [0.29, 0.717) is 17.8 Å². The first-order valence-electron chi connectivity index (χ1n) is 8.14. The van der Waals surface area contributed by atoms with E-state index in [4.69, 9.17) is 4.52 Å². The van der Waals surface area contributed by atoms with Gasteiger partial charge in [0.2, 0.25) is 11.8 Å². The number of hydrogen-bond donors (Lipinski definition) is 1. The average molecular weight is 291 g/mol. The van der Waals surface area contributed by atoms with Crippen molar-refractivity contribution < 1.29 is 9.32 Å². The van der Waals surface area contributed by atoms with Crippen molar-refractivity contribution in [2.45, 2.75) is 77.2 Å². The van der Waals surface area contributed by atoms with Crippen molar-refractivity contribution in [2.24, 2.45) is 5.41 Å². The molecule has 2 heterocycles. The van der Waals surface area contributed by atoms with Gasteiger partial charge in [-0.2, -0.15) is 4.98 Å². The fourth-order valence-corrected chi connectivity index (χ4v) is 3.38. The molecule has 21 heavy (non-hydrogen) atoms. The van der Waals surface area contributed by atoms with Crippen molar-refractivity contribution in [1.82, 2.24) is 15.5 Å². The fraction of sp³-hybridized carbons (Fsp3) is 0.812. The number of nitrogens with zero attached hydrogens (tertiary/aromatic N) is 2. The molecule has 1 unspecified atom stereocenters. The zero-order valence-corrected chi connectivity index (χ0v) is 13.0. The largest absolute Gasteiger partial charge is 0.353 e. The maximum absolute atomic E-state index is 11.2. The number of carbonyl (C=O) groups is 1. The molecule has 1 saturated carbocycles. The minimum Gasteiger partial charge on any atom is -0.353 e. The standard InChI is InChI=1S/C16H25N3O2/c1-16(2)9-7-11(8-10-16)15-18-14(21-19-15)6-4-12-3-5-13(20)17-12/h11-12H,3-10H2,1-2H3,(H,17,20). The molecule has 2 aliphatic rings. The summed E-state index contributed by atoms with van der Waals surface area (Å²) in [6.07, 6.45) is 8.01. The number of rotatable bonds is 4. The van der Waals surface area contributed by atoms with Crippen molar-refractivity contribution >= 4 is 5.91 Å². The van der Waals surface area contributed by atoms with Crippen molar-refractivity contribution in [3.63, 3.8) is 0 Å². The van der Waals surface area contributed by atoms with Gasteiger partial charge in [0.1, 0.15) is 0 Å². The van der Waals surface area contributed by atoms with Crippen LogP contribution in [-0.2, 0) is 11.2 Å². The number of nitrogens with one attached hydrogen (secondary N) is 1. The Morgan fingerprint density at radius 1 is 1.29 bits per heavy atom. The van der Waals surface area contributed by atoms with Crippen molar-refractivity contribution in [2.75, 3.05) is 0 Å².